The number of aromatic nitrogens is 3. The molecule has 2 heterocycles. The minimum atomic E-state index is -0.0876. The monoisotopic (exact) mass is 499 g/mol. The Bertz CT molecular complexity index is 1060. The highest BCUT2D eigenvalue weighted by atomic mass is 32.2. The third kappa shape index (κ3) is 5.21. The lowest BCUT2D eigenvalue weighted by Crippen LogP contribution is -2.28. The van der Waals surface area contributed by atoms with E-state index in [2.05, 4.69) is 53.8 Å². The van der Waals surface area contributed by atoms with Crippen LogP contribution in [0.25, 0.3) is 0 Å². The van der Waals surface area contributed by atoms with Crippen molar-refractivity contribution in [1.82, 2.24) is 14.8 Å². The molecule has 1 saturated carbocycles. The number of carbonyl (C=O) groups excluding carboxylic acids is 1. The van der Waals surface area contributed by atoms with Gasteiger partial charge in [-0.25, -0.2) is 0 Å². The van der Waals surface area contributed by atoms with Crippen LogP contribution >= 0.6 is 23.1 Å². The van der Waals surface area contributed by atoms with Gasteiger partial charge < -0.3 is 9.88 Å². The van der Waals surface area contributed by atoms with Crippen LogP contribution < -0.4 is 5.32 Å². The van der Waals surface area contributed by atoms with Crippen LogP contribution in [0.2, 0.25) is 0 Å². The van der Waals surface area contributed by atoms with Gasteiger partial charge in [0.05, 0.1) is 11.3 Å². The molecule has 0 spiro atoms. The number of nitrogens with one attached hydrogen (secondary N) is 1. The van der Waals surface area contributed by atoms with Gasteiger partial charge in [-0.3, -0.25) is 4.79 Å². The highest BCUT2D eigenvalue weighted by Crippen LogP contribution is 2.45. The number of nitriles is 1. The summed E-state index contributed by atoms with van der Waals surface area (Å²) in [4.78, 5) is 14.1. The Morgan fingerprint density at radius 1 is 1.24 bits per heavy atom. The molecule has 0 saturated heterocycles. The van der Waals surface area contributed by atoms with Gasteiger partial charge in [0.25, 0.3) is 0 Å². The van der Waals surface area contributed by atoms with Gasteiger partial charge in [-0.1, -0.05) is 58.2 Å². The molecule has 1 N–H and O–H groups in total. The molecule has 1 amide bonds. The van der Waals surface area contributed by atoms with Crippen LogP contribution in [0.3, 0.4) is 0 Å². The third-order valence-corrected chi connectivity index (χ3v) is 10.1. The normalized spacial score (nSPS) is 19.0. The van der Waals surface area contributed by atoms with Crippen molar-refractivity contribution in [2.24, 2.45) is 11.3 Å². The predicted molar refractivity (Wildman–Crippen MR) is 139 cm³/mol. The topological polar surface area (TPSA) is 83.6 Å². The molecule has 2 aliphatic rings. The van der Waals surface area contributed by atoms with Crippen LogP contribution in [0.15, 0.2) is 5.16 Å². The van der Waals surface area contributed by atoms with Gasteiger partial charge in [0, 0.05) is 17.3 Å². The zero-order valence-corrected chi connectivity index (χ0v) is 22.6. The highest BCUT2D eigenvalue weighted by Gasteiger charge is 2.34. The van der Waals surface area contributed by atoms with Gasteiger partial charge in [0.15, 0.2) is 5.16 Å². The number of fused-ring (bicyclic) bond motifs is 1. The molecule has 6 nitrogen and oxygen atoms in total. The van der Waals surface area contributed by atoms with E-state index in [4.69, 9.17) is 0 Å². The lowest BCUT2D eigenvalue weighted by molar-refractivity contribution is -0.113. The number of amides is 1. The first-order valence-corrected chi connectivity index (χ1v) is 14.6. The summed E-state index contributed by atoms with van der Waals surface area (Å²) in [5.74, 6) is 2.36. The summed E-state index contributed by atoms with van der Waals surface area (Å²) in [5, 5.41) is 23.3. The average molecular weight is 500 g/mol. The molecule has 2 aliphatic carbocycles. The van der Waals surface area contributed by atoms with E-state index in [1.165, 1.54) is 48.7 Å². The van der Waals surface area contributed by atoms with Crippen LogP contribution in [-0.4, -0.2) is 26.4 Å². The summed E-state index contributed by atoms with van der Waals surface area (Å²) in [6.45, 7) is 9.87. The SMILES string of the molecule is CCn1c(SCC(=O)Nc2sc3c(c2C#N)CCC(C(C)(C)CC)C3)nnc1C1CCCCC1. The molecular weight excluding hydrogens is 462 g/mol. The van der Waals surface area contributed by atoms with Gasteiger partial charge >= 0.3 is 0 Å². The molecule has 0 aromatic carbocycles. The molecular formula is C26H37N5OS2. The van der Waals surface area contributed by atoms with E-state index in [0.29, 0.717) is 27.8 Å². The van der Waals surface area contributed by atoms with Gasteiger partial charge in [-0.05, 0) is 55.9 Å². The second-order valence-electron chi connectivity index (χ2n) is 10.4. The Morgan fingerprint density at radius 2 is 2.00 bits per heavy atom. The number of rotatable bonds is 8. The maximum Gasteiger partial charge on any atom is 0.235 e. The number of thioether (sulfide) groups is 1. The van der Waals surface area contributed by atoms with Crippen molar-refractivity contribution in [3.05, 3.63) is 21.8 Å². The number of thiophene rings is 1. The van der Waals surface area contributed by atoms with Crippen molar-refractivity contribution >= 4 is 34.0 Å². The molecule has 1 fully saturated rings. The van der Waals surface area contributed by atoms with Crippen LogP contribution in [0, 0.1) is 22.7 Å². The first-order chi connectivity index (χ1) is 16.4. The number of hydrogen-bond acceptors (Lipinski definition) is 6. The van der Waals surface area contributed by atoms with Crippen molar-refractivity contribution in [2.45, 2.75) is 103 Å². The first-order valence-electron chi connectivity index (χ1n) is 12.8. The fourth-order valence-corrected chi connectivity index (χ4v) is 7.51. The van der Waals surface area contributed by atoms with Crippen LogP contribution in [0.5, 0.6) is 0 Å². The highest BCUT2D eigenvalue weighted by molar-refractivity contribution is 7.99. The van der Waals surface area contributed by atoms with Crippen molar-refractivity contribution in [3.8, 4) is 6.07 Å². The van der Waals surface area contributed by atoms with E-state index < -0.39 is 0 Å². The third-order valence-electron chi connectivity index (χ3n) is 8.01. The van der Waals surface area contributed by atoms with E-state index in [-0.39, 0.29) is 11.7 Å². The zero-order valence-electron chi connectivity index (χ0n) is 20.9. The van der Waals surface area contributed by atoms with Crippen LogP contribution in [-0.2, 0) is 24.2 Å². The number of hydrogen-bond donors (Lipinski definition) is 1. The molecule has 4 rings (SSSR count). The number of anilines is 1. The summed E-state index contributed by atoms with van der Waals surface area (Å²) in [5.41, 5.74) is 2.11. The standard InChI is InChI=1S/C26H37N5OS2/c1-5-26(3,4)18-12-13-19-20(15-27)24(34-21(19)14-18)28-22(32)16-33-25-30-29-23(31(25)6-2)17-10-8-7-9-11-17/h17-18H,5-14,16H2,1-4H3,(H,28,32). The Kier molecular flexibility index (Phi) is 8.04. The molecule has 0 bridgehead atoms. The van der Waals surface area contributed by atoms with Gasteiger partial charge in [0.1, 0.15) is 16.9 Å². The molecule has 2 aromatic rings. The smallest absolute Gasteiger partial charge is 0.235 e. The molecule has 2 aromatic heterocycles. The maximum absolute atomic E-state index is 12.9. The van der Waals surface area contributed by atoms with Gasteiger partial charge in [-0.2, -0.15) is 5.26 Å². The van der Waals surface area contributed by atoms with E-state index >= 15 is 0 Å². The molecule has 34 heavy (non-hydrogen) atoms. The quantitative estimate of drug-likeness (QED) is 0.416. The van der Waals surface area contributed by atoms with Gasteiger partial charge in [-0.15, -0.1) is 21.5 Å². The van der Waals surface area contributed by atoms with Crippen molar-refractivity contribution in [3.63, 3.8) is 0 Å². The Hall–Kier alpha value is -1.85. The summed E-state index contributed by atoms with van der Waals surface area (Å²) in [6, 6.07) is 2.37. The van der Waals surface area contributed by atoms with Gasteiger partial charge in [0.2, 0.25) is 5.91 Å². The van der Waals surface area contributed by atoms with Crippen LogP contribution in [0.4, 0.5) is 5.00 Å². The Labute approximate surface area is 211 Å². The predicted octanol–water partition coefficient (Wildman–Crippen LogP) is 6.55. The van der Waals surface area contributed by atoms with Crippen LogP contribution in [0.1, 0.15) is 100 Å². The van der Waals surface area contributed by atoms with E-state index in [1.807, 2.05) is 0 Å². The molecule has 1 unspecified atom stereocenters. The van der Waals surface area contributed by atoms with E-state index in [0.717, 1.165) is 48.8 Å². The average Bonchev–Trinajstić information content (AvgIpc) is 3.42. The Morgan fingerprint density at radius 3 is 2.68 bits per heavy atom. The summed E-state index contributed by atoms with van der Waals surface area (Å²) < 4.78 is 2.17. The fraction of sp³-hybridized carbons (Fsp3) is 0.692. The molecule has 0 aliphatic heterocycles. The number of nitrogens with zero attached hydrogens (tertiary/aromatic N) is 4. The fourth-order valence-electron chi connectivity index (χ4n) is 5.41. The number of carbonyl (C=O) groups is 1. The molecule has 0 radical (unpaired) electrons. The van der Waals surface area contributed by atoms with Crippen molar-refractivity contribution in [2.75, 3.05) is 11.1 Å². The lowest BCUT2D eigenvalue weighted by Gasteiger charge is -2.36. The minimum absolute atomic E-state index is 0.0876. The lowest BCUT2D eigenvalue weighted by atomic mass is 9.69. The Balaban J connectivity index is 1.42. The second-order valence-corrected chi connectivity index (χ2v) is 12.4. The zero-order chi connectivity index (χ0) is 24.3. The summed E-state index contributed by atoms with van der Waals surface area (Å²) in [7, 11) is 0. The second kappa shape index (κ2) is 10.8. The molecule has 1 atom stereocenters. The first kappa shape index (κ1) is 25.2. The van der Waals surface area contributed by atoms with Crippen molar-refractivity contribution < 1.29 is 4.79 Å². The van der Waals surface area contributed by atoms with Crippen molar-refractivity contribution in [1.29, 1.82) is 5.26 Å². The summed E-state index contributed by atoms with van der Waals surface area (Å²) in [6.07, 6.45) is 10.4. The maximum atomic E-state index is 12.9. The molecule has 184 valence electrons. The summed E-state index contributed by atoms with van der Waals surface area (Å²) >= 11 is 3.04. The van der Waals surface area contributed by atoms with E-state index in [1.54, 1.807) is 11.3 Å². The largest absolute Gasteiger partial charge is 0.316 e. The minimum Gasteiger partial charge on any atom is -0.316 e. The molecule has 8 heteroatoms. The van der Waals surface area contributed by atoms with E-state index in [9.17, 15) is 10.1 Å².